The molecule has 0 spiro atoms. The molecule has 2 atom stereocenters. The van der Waals surface area contributed by atoms with E-state index in [0.717, 1.165) is 32.2 Å². The van der Waals surface area contributed by atoms with E-state index in [1.165, 1.54) is 6.42 Å². The van der Waals surface area contributed by atoms with Gasteiger partial charge < -0.3 is 11.1 Å². The van der Waals surface area contributed by atoms with Gasteiger partial charge in [0.15, 0.2) is 0 Å². The van der Waals surface area contributed by atoms with Crippen molar-refractivity contribution in [1.82, 2.24) is 5.32 Å². The molecule has 0 radical (unpaired) electrons. The minimum absolute atomic E-state index is 0.167. The number of rotatable bonds is 6. The number of primary amides is 1. The molecule has 0 aromatic rings. The van der Waals surface area contributed by atoms with Crippen LogP contribution in [0.4, 0.5) is 0 Å². The molecule has 1 aliphatic carbocycles. The Morgan fingerprint density at radius 2 is 2.29 bits per heavy atom. The summed E-state index contributed by atoms with van der Waals surface area (Å²) in [6.45, 7) is 7.42. The average molecular weight is 258 g/mol. The molecule has 1 rings (SSSR count). The molecule has 1 amide bonds. The molecule has 3 N–H and O–H groups in total. The highest BCUT2D eigenvalue weighted by Gasteiger charge is 2.41. The quantitative estimate of drug-likeness (QED) is 0.768. The van der Waals surface area contributed by atoms with Crippen LogP contribution in [-0.4, -0.2) is 28.5 Å². The van der Waals surface area contributed by atoms with E-state index in [-0.39, 0.29) is 5.91 Å². The lowest BCUT2D eigenvalue weighted by molar-refractivity contribution is -0.125. The fourth-order valence-corrected chi connectivity index (χ4v) is 4.01. The molecule has 0 bridgehead atoms. The molecule has 17 heavy (non-hydrogen) atoms. The first-order chi connectivity index (χ1) is 8.00. The van der Waals surface area contributed by atoms with Crippen LogP contribution < -0.4 is 11.1 Å². The number of amides is 1. The fraction of sp³-hybridized carbons (Fsp3) is 0.923. The van der Waals surface area contributed by atoms with Gasteiger partial charge in [-0.3, -0.25) is 4.79 Å². The molecule has 0 heterocycles. The summed E-state index contributed by atoms with van der Waals surface area (Å²) in [6, 6.07) is 0. The van der Waals surface area contributed by atoms with Crippen LogP contribution in [0.3, 0.4) is 0 Å². The minimum atomic E-state index is -0.444. The highest BCUT2D eigenvalue weighted by Crippen LogP contribution is 2.36. The first kappa shape index (κ1) is 14.8. The van der Waals surface area contributed by atoms with E-state index in [4.69, 9.17) is 5.73 Å². The molecular formula is C13H26N2OS. The summed E-state index contributed by atoms with van der Waals surface area (Å²) in [4.78, 5) is 11.8. The van der Waals surface area contributed by atoms with Crippen LogP contribution in [0, 0.1) is 0 Å². The first-order valence-corrected chi connectivity index (χ1v) is 7.65. The number of hydrogen-bond acceptors (Lipinski definition) is 3. The lowest BCUT2D eigenvalue weighted by Crippen LogP contribution is -2.58. The van der Waals surface area contributed by atoms with E-state index in [1.54, 1.807) is 0 Å². The summed E-state index contributed by atoms with van der Waals surface area (Å²) in [5.74, 6) is -0.167. The Labute approximate surface area is 109 Å². The smallest absolute Gasteiger partial charge is 0.237 e. The van der Waals surface area contributed by atoms with Crippen LogP contribution in [0.1, 0.15) is 52.9 Å². The molecule has 4 heteroatoms. The first-order valence-electron chi connectivity index (χ1n) is 6.70. The predicted molar refractivity (Wildman–Crippen MR) is 75.2 cm³/mol. The lowest BCUT2D eigenvalue weighted by Gasteiger charge is -2.39. The van der Waals surface area contributed by atoms with Crippen molar-refractivity contribution < 1.29 is 4.79 Å². The molecule has 0 aromatic carbocycles. The Morgan fingerprint density at radius 1 is 1.59 bits per heavy atom. The predicted octanol–water partition coefficient (Wildman–Crippen LogP) is 2.29. The van der Waals surface area contributed by atoms with Crippen LogP contribution in [0.25, 0.3) is 0 Å². The average Bonchev–Trinajstić information content (AvgIpc) is 2.25. The molecule has 0 aromatic heterocycles. The van der Waals surface area contributed by atoms with Crippen LogP contribution in [0.15, 0.2) is 0 Å². The largest absolute Gasteiger partial charge is 0.368 e. The summed E-state index contributed by atoms with van der Waals surface area (Å²) >= 11 is 1.98. The molecule has 2 unspecified atom stereocenters. The van der Waals surface area contributed by atoms with E-state index < -0.39 is 5.54 Å². The molecular weight excluding hydrogens is 232 g/mol. The van der Waals surface area contributed by atoms with E-state index in [2.05, 4.69) is 26.1 Å². The van der Waals surface area contributed by atoms with Gasteiger partial charge in [0, 0.05) is 5.25 Å². The van der Waals surface area contributed by atoms with Gasteiger partial charge in [-0.15, -0.1) is 0 Å². The second kappa shape index (κ2) is 6.64. The Morgan fingerprint density at radius 3 is 2.82 bits per heavy atom. The molecule has 1 saturated carbocycles. The monoisotopic (exact) mass is 258 g/mol. The van der Waals surface area contributed by atoms with Crippen LogP contribution >= 0.6 is 11.8 Å². The zero-order chi connectivity index (χ0) is 12.9. The Hall–Kier alpha value is -0.220. The second-order valence-corrected chi connectivity index (χ2v) is 7.16. The fourth-order valence-electron chi connectivity index (χ4n) is 2.56. The van der Waals surface area contributed by atoms with Crippen LogP contribution in [0.2, 0.25) is 0 Å². The Bertz CT molecular complexity index is 258. The minimum Gasteiger partial charge on any atom is -0.368 e. The third kappa shape index (κ3) is 4.18. The standard InChI is InChI=1S/C13H26N2OS/c1-4-8-15-13(12(14)16)7-5-6-11(9-13)17-10(2)3/h10-11,15H,4-9H2,1-3H3,(H2,14,16). The zero-order valence-corrected chi connectivity index (χ0v) is 12.1. The van der Waals surface area contributed by atoms with Crippen molar-refractivity contribution >= 4 is 17.7 Å². The number of nitrogens with two attached hydrogens (primary N) is 1. The summed E-state index contributed by atoms with van der Waals surface area (Å²) in [7, 11) is 0. The lowest BCUT2D eigenvalue weighted by atomic mass is 9.80. The van der Waals surface area contributed by atoms with Gasteiger partial charge in [0.1, 0.15) is 0 Å². The van der Waals surface area contributed by atoms with Crippen molar-refractivity contribution in [3.63, 3.8) is 0 Å². The number of carbonyl (C=O) groups is 1. The van der Waals surface area contributed by atoms with Gasteiger partial charge in [-0.05, 0) is 43.9 Å². The van der Waals surface area contributed by atoms with Crippen molar-refractivity contribution in [2.45, 2.75) is 68.9 Å². The van der Waals surface area contributed by atoms with Gasteiger partial charge >= 0.3 is 0 Å². The Balaban J connectivity index is 2.66. The SMILES string of the molecule is CCCNC1(C(N)=O)CCCC(SC(C)C)C1. The van der Waals surface area contributed by atoms with Gasteiger partial charge in [-0.2, -0.15) is 11.8 Å². The van der Waals surface area contributed by atoms with Crippen molar-refractivity contribution in [3.05, 3.63) is 0 Å². The van der Waals surface area contributed by atoms with Crippen molar-refractivity contribution in [1.29, 1.82) is 0 Å². The van der Waals surface area contributed by atoms with E-state index in [1.807, 2.05) is 11.8 Å². The molecule has 1 aliphatic rings. The maximum absolute atomic E-state index is 11.8. The molecule has 100 valence electrons. The second-order valence-electron chi connectivity index (χ2n) is 5.28. The summed E-state index contributed by atoms with van der Waals surface area (Å²) < 4.78 is 0. The summed E-state index contributed by atoms with van der Waals surface area (Å²) in [5, 5.41) is 4.59. The molecule has 0 aliphatic heterocycles. The maximum Gasteiger partial charge on any atom is 0.237 e. The topological polar surface area (TPSA) is 55.1 Å². The number of nitrogens with one attached hydrogen (secondary N) is 1. The van der Waals surface area contributed by atoms with Gasteiger partial charge in [-0.1, -0.05) is 20.8 Å². The zero-order valence-electron chi connectivity index (χ0n) is 11.3. The highest BCUT2D eigenvalue weighted by atomic mass is 32.2. The maximum atomic E-state index is 11.8. The summed E-state index contributed by atoms with van der Waals surface area (Å²) in [6.07, 6.45) is 5.15. The molecule has 3 nitrogen and oxygen atoms in total. The van der Waals surface area contributed by atoms with Crippen molar-refractivity contribution in [2.24, 2.45) is 5.73 Å². The van der Waals surface area contributed by atoms with E-state index in [0.29, 0.717) is 10.5 Å². The third-order valence-corrected chi connectivity index (χ3v) is 4.69. The van der Waals surface area contributed by atoms with Crippen molar-refractivity contribution in [3.8, 4) is 0 Å². The van der Waals surface area contributed by atoms with E-state index >= 15 is 0 Å². The molecule has 0 saturated heterocycles. The highest BCUT2D eigenvalue weighted by molar-refractivity contribution is 8.00. The number of thioether (sulfide) groups is 1. The number of carbonyl (C=O) groups excluding carboxylic acids is 1. The van der Waals surface area contributed by atoms with Crippen molar-refractivity contribution in [2.75, 3.05) is 6.54 Å². The normalized spacial score (nSPS) is 29.5. The van der Waals surface area contributed by atoms with Gasteiger partial charge in [0.25, 0.3) is 0 Å². The number of hydrogen-bond donors (Lipinski definition) is 2. The van der Waals surface area contributed by atoms with Gasteiger partial charge in [0.05, 0.1) is 5.54 Å². The van der Waals surface area contributed by atoms with Crippen LogP contribution in [0.5, 0.6) is 0 Å². The van der Waals surface area contributed by atoms with E-state index in [9.17, 15) is 4.79 Å². The summed E-state index contributed by atoms with van der Waals surface area (Å²) in [5.41, 5.74) is 5.18. The van der Waals surface area contributed by atoms with Crippen LogP contribution in [-0.2, 0) is 4.79 Å². The molecule has 1 fully saturated rings. The van der Waals surface area contributed by atoms with Gasteiger partial charge in [-0.25, -0.2) is 0 Å². The van der Waals surface area contributed by atoms with Gasteiger partial charge in [0.2, 0.25) is 5.91 Å². The third-order valence-electron chi connectivity index (χ3n) is 3.36. The Kier molecular flexibility index (Phi) is 5.80.